The van der Waals surface area contributed by atoms with Crippen molar-refractivity contribution < 1.29 is 24.2 Å². The first-order chi connectivity index (χ1) is 21.5. The number of carbonyl (C=O) groups is 3. The highest BCUT2D eigenvalue weighted by atomic mass is 16.5. The van der Waals surface area contributed by atoms with Crippen LogP contribution in [0.15, 0.2) is 121 Å². The van der Waals surface area contributed by atoms with Gasteiger partial charge in [-0.3, -0.25) is 14.4 Å². The summed E-state index contributed by atoms with van der Waals surface area (Å²) in [5.41, 5.74) is 4.26. The molecule has 0 amide bonds. The van der Waals surface area contributed by atoms with Crippen LogP contribution in [0.3, 0.4) is 0 Å². The van der Waals surface area contributed by atoms with Crippen LogP contribution >= 0.6 is 0 Å². The van der Waals surface area contributed by atoms with Crippen LogP contribution in [-0.2, 0) is 5.41 Å². The summed E-state index contributed by atoms with van der Waals surface area (Å²) in [6, 6.07) is 34.0. The smallest absolute Gasteiger partial charge is 0.193 e. The number of ketones is 3. The second-order valence-electron chi connectivity index (χ2n) is 11.8. The van der Waals surface area contributed by atoms with Gasteiger partial charge in [0.05, 0.1) is 0 Å². The van der Waals surface area contributed by atoms with E-state index in [1.54, 1.807) is 84.9 Å². The van der Waals surface area contributed by atoms with Gasteiger partial charge in [-0.15, -0.1) is 0 Å². The van der Waals surface area contributed by atoms with Crippen LogP contribution in [0.1, 0.15) is 94.4 Å². The lowest BCUT2D eigenvalue weighted by molar-refractivity contribution is 0.102. The summed E-state index contributed by atoms with van der Waals surface area (Å²) < 4.78 is 5.89. The van der Waals surface area contributed by atoms with E-state index in [9.17, 15) is 19.5 Å². The van der Waals surface area contributed by atoms with E-state index in [4.69, 9.17) is 4.74 Å². The van der Waals surface area contributed by atoms with Crippen LogP contribution in [0.25, 0.3) is 0 Å². The number of hydrogen-bond donors (Lipinski definition) is 1. The van der Waals surface area contributed by atoms with Gasteiger partial charge >= 0.3 is 0 Å². The van der Waals surface area contributed by atoms with Crippen molar-refractivity contribution >= 4 is 17.3 Å². The Balaban J connectivity index is 0.00000148. The van der Waals surface area contributed by atoms with Crippen LogP contribution < -0.4 is 4.74 Å². The lowest BCUT2D eigenvalue weighted by Gasteiger charge is -2.19. The predicted octanol–water partition coefficient (Wildman–Crippen LogP) is 9.59. The number of hydrogen-bond acceptors (Lipinski definition) is 5. The van der Waals surface area contributed by atoms with E-state index in [0.29, 0.717) is 44.9 Å². The average molecular weight is 599 g/mol. The Labute approximate surface area is 265 Å². The summed E-state index contributed by atoms with van der Waals surface area (Å²) in [6.07, 6.45) is 1.25. The van der Waals surface area contributed by atoms with Crippen molar-refractivity contribution in [1.29, 1.82) is 0 Å². The Kier molecular flexibility index (Phi) is 10.5. The number of carbonyl (C=O) groups excluding carboxylic acids is 3. The predicted molar refractivity (Wildman–Crippen MR) is 179 cm³/mol. The Morgan fingerprint density at radius 2 is 0.733 bits per heavy atom. The van der Waals surface area contributed by atoms with Crippen molar-refractivity contribution in [3.8, 4) is 17.2 Å². The summed E-state index contributed by atoms with van der Waals surface area (Å²) in [6.45, 7) is 10.6. The molecule has 45 heavy (non-hydrogen) atoms. The minimum Gasteiger partial charge on any atom is -0.508 e. The highest BCUT2D eigenvalue weighted by molar-refractivity contribution is 6.12. The number of benzene rings is 5. The third-order valence-electron chi connectivity index (χ3n) is 7.02. The fourth-order valence-corrected chi connectivity index (χ4v) is 4.49. The molecular formula is C40H38O5. The minimum absolute atomic E-state index is 0.0112. The molecule has 0 spiro atoms. The highest BCUT2D eigenvalue weighted by Gasteiger charge is 2.16. The lowest BCUT2D eigenvalue weighted by Crippen LogP contribution is -2.11. The number of phenols is 1. The average Bonchev–Trinajstić information content (AvgIpc) is 3.05. The largest absolute Gasteiger partial charge is 0.508 e. The fourth-order valence-electron chi connectivity index (χ4n) is 4.49. The fraction of sp³-hybridized carbons (Fsp3) is 0.175. The zero-order valence-corrected chi connectivity index (χ0v) is 26.3. The van der Waals surface area contributed by atoms with E-state index in [0.717, 1.165) is 5.56 Å². The van der Waals surface area contributed by atoms with Gasteiger partial charge in [0.25, 0.3) is 0 Å². The third kappa shape index (κ3) is 8.42. The Morgan fingerprint density at radius 3 is 1.02 bits per heavy atom. The van der Waals surface area contributed by atoms with Crippen LogP contribution in [0, 0.1) is 0 Å². The SMILES string of the molecule is CC(C)(C)c1ccc(C(=O)c2ccc(C(=O)c3ccc(Oc4ccc(C(=O)c5ccc(O)cc5)cc4)cc3)cc2)cc1.CCC. The molecule has 228 valence electrons. The molecule has 0 aliphatic heterocycles. The normalized spacial score (nSPS) is 10.8. The van der Waals surface area contributed by atoms with Gasteiger partial charge in [0.15, 0.2) is 17.3 Å². The van der Waals surface area contributed by atoms with Crippen LogP contribution in [-0.4, -0.2) is 22.5 Å². The molecule has 0 aliphatic carbocycles. The topological polar surface area (TPSA) is 80.7 Å². The standard InChI is InChI=1S/C37H30O5.C3H8/c1-37(2,3)30-16-8-26(9-17-30)34(39)24-4-6-25(7-5-24)35(40)28-12-20-32(21-13-28)42-33-22-14-29(15-23-33)36(41)27-10-18-31(38)19-11-27;1-3-2/h4-23,38H,1-3H3;3H2,1-2H3. The van der Waals surface area contributed by atoms with E-state index in [1.165, 1.54) is 18.6 Å². The van der Waals surface area contributed by atoms with Gasteiger partial charge in [0.1, 0.15) is 17.2 Å². The summed E-state index contributed by atoms with van der Waals surface area (Å²) in [5.74, 6) is 0.788. The molecule has 0 atom stereocenters. The number of phenolic OH excluding ortho intramolecular Hbond substituents is 1. The van der Waals surface area contributed by atoms with Crippen molar-refractivity contribution in [2.45, 2.75) is 46.5 Å². The van der Waals surface area contributed by atoms with Gasteiger partial charge in [0, 0.05) is 33.4 Å². The van der Waals surface area contributed by atoms with Gasteiger partial charge in [-0.05, 0) is 83.8 Å². The first kappa shape index (κ1) is 32.6. The Hall–Kier alpha value is -5.29. The third-order valence-corrected chi connectivity index (χ3v) is 7.02. The number of rotatable bonds is 8. The van der Waals surface area contributed by atoms with Gasteiger partial charge < -0.3 is 9.84 Å². The number of ether oxygens (including phenoxy) is 1. The van der Waals surface area contributed by atoms with Crippen molar-refractivity contribution in [3.63, 3.8) is 0 Å². The molecule has 5 heteroatoms. The number of aromatic hydroxyl groups is 1. The molecule has 0 bridgehead atoms. The molecule has 0 aliphatic rings. The van der Waals surface area contributed by atoms with Crippen molar-refractivity contribution in [2.75, 3.05) is 0 Å². The molecule has 5 aromatic rings. The summed E-state index contributed by atoms with van der Waals surface area (Å²) in [5, 5.41) is 9.42. The molecule has 1 N–H and O–H groups in total. The maximum absolute atomic E-state index is 13.1. The van der Waals surface area contributed by atoms with E-state index < -0.39 is 0 Å². The first-order valence-corrected chi connectivity index (χ1v) is 15.0. The molecule has 5 nitrogen and oxygen atoms in total. The van der Waals surface area contributed by atoms with Crippen molar-refractivity contribution in [1.82, 2.24) is 0 Å². The van der Waals surface area contributed by atoms with Gasteiger partial charge in [-0.1, -0.05) is 89.6 Å². The zero-order valence-electron chi connectivity index (χ0n) is 26.3. The molecular weight excluding hydrogens is 560 g/mol. The summed E-state index contributed by atoms with van der Waals surface area (Å²) >= 11 is 0. The van der Waals surface area contributed by atoms with E-state index in [2.05, 4.69) is 34.6 Å². The maximum atomic E-state index is 13.1. The van der Waals surface area contributed by atoms with Gasteiger partial charge in [-0.2, -0.15) is 0 Å². The maximum Gasteiger partial charge on any atom is 0.193 e. The molecule has 0 unspecified atom stereocenters. The van der Waals surface area contributed by atoms with E-state index in [1.807, 2.05) is 24.3 Å². The quantitative estimate of drug-likeness (QED) is 0.180. The molecule has 0 radical (unpaired) electrons. The Bertz CT molecular complexity index is 1740. The summed E-state index contributed by atoms with van der Waals surface area (Å²) in [4.78, 5) is 38.6. The van der Waals surface area contributed by atoms with Crippen LogP contribution in [0.2, 0.25) is 0 Å². The van der Waals surface area contributed by atoms with Gasteiger partial charge in [-0.25, -0.2) is 0 Å². The summed E-state index contributed by atoms with van der Waals surface area (Å²) in [7, 11) is 0. The minimum atomic E-state index is -0.160. The van der Waals surface area contributed by atoms with E-state index in [-0.39, 0.29) is 28.5 Å². The van der Waals surface area contributed by atoms with Crippen LogP contribution in [0.5, 0.6) is 17.2 Å². The Morgan fingerprint density at radius 1 is 0.489 bits per heavy atom. The molecule has 5 aromatic carbocycles. The second-order valence-corrected chi connectivity index (χ2v) is 11.8. The second kappa shape index (κ2) is 14.5. The first-order valence-electron chi connectivity index (χ1n) is 15.0. The molecule has 0 saturated heterocycles. The van der Waals surface area contributed by atoms with Crippen LogP contribution in [0.4, 0.5) is 0 Å². The molecule has 5 rings (SSSR count). The van der Waals surface area contributed by atoms with Crippen molar-refractivity contribution in [3.05, 3.63) is 160 Å². The molecule has 0 aromatic heterocycles. The lowest BCUT2D eigenvalue weighted by atomic mass is 9.86. The van der Waals surface area contributed by atoms with Crippen molar-refractivity contribution in [2.24, 2.45) is 0 Å². The zero-order chi connectivity index (χ0) is 32.6. The highest BCUT2D eigenvalue weighted by Crippen LogP contribution is 2.25. The molecule has 0 saturated carbocycles. The molecule has 0 heterocycles. The van der Waals surface area contributed by atoms with Gasteiger partial charge in [0.2, 0.25) is 0 Å². The monoisotopic (exact) mass is 598 g/mol. The van der Waals surface area contributed by atoms with E-state index >= 15 is 0 Å². The molecule has 0 fully saturated rings.